The van der Waals surface area contributed by atoms with E-state index >= 15 is 0 Å². The van der Waals surface area contributed by atoms with Gasteiger partial charge in [0.1, 0.15) is 0 Å². The highest BCUT2D eigenvalue weighted by Crippen LogP contribution is 2.24. The fraction of sp³-hybridized carbons (Fsp3) is 1.00. The van der Waals surface area contributed by atoms with Gasteiger partial charge in [-0.3, -0.25) is 0 Å². The molecular formula is C15H29NO. The van der Waals surface area contributed by atoms with Gasteiger partial charge in [-0.25, -0.2) is 0 Å². The maximum Gasteiger partial charge on any atom is 0.0576 e. The van der Waals surface area contributed by atoms with Gasteiger partial charge in [-0.2, -0.15) is 0 Å². The van der Waals surface area contributed by atoms with Crippen LogP contribution >= 0.6 is 0 Å². The number of nitrogens with one attached hydrogen (secondary N) is 1. The quantitative estimate of drug-likeness (QED) is 0.791. The standard InChI is InChI=1S/C15H29NO/c1-2-12-17-15-10-8-14(9-11-15)16-13-6-4-3-5-7-13/h13-16H,2-12H2,1H3. The second-order valence-electron chi connectivity index (χ2n) is 5.85. The first-order chi connectivity index (χ1) is 8.38. The zero-order valence-electron chi connectivity index (χ0n) is 11.4. The van der Waals surface area contributed by atoms with Crippen LogP contribution in [0.2, 0.25) is 0 Å². The van der Waals surface area contributed by atoms with E-state index in [0.29, 0.717) is 6.10 Å². The van der Waals surface area contributed by atoms with Gasteiger partial charge in [0.2, 0.25) is 0 Å². The lowest BCUT2D eigenvalue weighted by molar-refractivity contribution is 0.0216. The number of hydrogen-bond acceptors (Lipinski definition) is 2. The van der Waals surface area contributed by atoms with Gasteiger partial charge >= 0.3 is 0 Å². The van der Waals surface area contributed by atoms with Crippen LogP contribution in [0.3, 0.4) is 0 Å². The molecule has 0 amide bonds. The minimum absolute atomic E-state index is 0.555. The zero-order chi connectivity index (χ0) is 11.9. The third-order valence-electron chi connectivity index (χ3n) is 4.31. The first-order valence-corrected chi connectivity index (χ1v) is 7.76. The molecule has 0 aromatic heterocycles. The molecule has 0 unspecified atom stereocenters. The van der Waals surface area contributed by atoms with Crippen LogP contribution < -0.4 is 5.32 Å². The minimum Gasteiger partial charge on any atom is -0.378 e. The lowest BCUT2D eigenvalue weighted by Crippen LogP contribution is -2.42. The van der Waals surface area contributed by atoms with Crippen molar-refractivity contribution < 1.29 is 4.74 Å². The number of ether oxygens (including phenoxy) is 1. The summed E-state index contributed by atoms with van der Waals surface area (Å²) in [7, 11) is 0. The van der Waals surface area contributed by atoms with Crippen molar-refractivity contribution in [2.45, 2.75) is 89.3 Å². The first kappa shape index (κ1) is 13.4. The molecule has 0 atom stereocenters. The third kappa shape index (κ3) is 4.59. The second-order valence-corrected chi connectivity index (χ2v) is 5.85. The predicted molar refractivity (Wildman–Crippen MR) is 72.3 cm³/mol. The van der Waals surface area contributed by atoms with Crippen LogP contribution in [0.25, 0.3) is 0 Å². The maximum absolute atomic E-state index is 5.84. The normalized spacial score (nSPS) is 31.6. The van der Waals surface area contributed by atoms with Crippen LogP contribution in [0.4, 0.5) is 0 Å². The Morgan fingerprint density at radius 3 is 2.18 bits per heavy atom. The molecule has 0 aromatic carbocycles. The topological polar surface area (TPSA) is 21.3 Å². The van der Waals surface area contributed by atoms with E-state index in [9.17, 15) is 0 Å². The Hall–Kier alpha value is -0.0800. The molecule has 0 spiro atoms. The van der Waals surface area contributed by atoms with Gasteiger partial charge in [-0.1, -0.05) is 26.2 Å². The Labute approximate surface area is 107 Å². The smallest absolute Gasteiger partial charge is 0.0576 e. The fourth-order valence-corrected chi connectivity index (χ4v) is 3.28. The average molecular weight is 239 g/mol. The zero-order valence-corrected chi connectivity index (χ0v) is 11.4. The van der Waals surface area contributed by atoms with Crippen LogP contribution in [-0.4, -0.2) is 24.8 Å². The van der Waals surface area contributed by atoms with Crippen molar-refractivity contribution in [3.63, 3.8) is 0 Å². The molecule has 2 nitrogen and oxygen atoms in total. The molecule has 2 fully saturated rings. The molecule has 0 aliphatic heterocycles. The van der Waals surface area contributed by atoms with Crippen molar-refractivity contribution in [2.24, 2.45) is 0 Å². The summed E-state index contributed by atoms with van der Waals surface area (Å²) in [6.45, 7) is 3.14. The predicted octanol–water partition coefficient (Wildman–Crippen LogP) is 3.65. The molecule has 0 radical (unpaired) electrons. The molecule has 2 aliphatic rings. The Balaban J connectivity index is 1.61. The van der Waals surface area contributed by atoms with Crippen molar-refractivity contribution >= 4 is 0 Å². The molecule has 0 bridgehead atoms. The molecule has 100 valence electrons. The molecule has 2 saturated carbocycles. The summed E-state index contributed by atoms with van der Waals surface area (Å²) in [4.78, 5) is 0. The van der Waals surface area contributed by atoms with Crippen LogP contribution in [0.1, 0.15) is 71.1 Å². The Bertz CT molecular complexity index is 193. The second kappa shape index (κ2) is 7.38. The summed E-state index contributed by atoms with van der Waals surface area (Å²) >= 11 is 0. The molecule has 0 heterocycles. The fourth-order valence-electron chi connectivity index (χ4n) is 3.28. The summed E-state index contributed by atoms with van der Waals surface area (Å²) in [5.41, 5.74) is 0. The van der Waals surface area contributed by atoms with Gasteiger partial charge in [0.05, 0.1) is 6.10 Å². The minimum atomic E-state index is 0.555. The van der Waals surface area contributed by atoms with Crippen molar-refractivity contribution in [3.05, 3.63) is 0 Å². The van der Waals surface area contributed by atoms with Gasteiger partial charge in [0, 0.05) is 18.7 Å². The molecule has 2 heteroatoms. The largest absolute Gasteiger partial charge is 0.378 e. The first-order valence-electron chi connectivity index (χ1n) is 7.76. The van der Waals surface area contributed by atoms with E-state index in [2.05, 4.69) is 12.2 Å². The lowest BCUT2D eigenvalue weighted by Gasteiger charge is -2.33. The Morgan fingerprint density at radius 1 is 0.882 bits per heavy atom. The molecule has 17 heavy (non-hydrogen) atoms. The number of hydrogen-bond donors (Lipinski definition) is 1. The van der Waals surface area contributed by atoms with Gasteiger partial charge in [0.15, 0.2) is 0 Å². The Morgan fingerprint density at radius 2 is 1.53 bits per heavy atom. The molecule has 1 N–H and O–H groups in total. The van der Waals surface area contributed by atoms with Crippen molar-refractivity contribution in [1.82, 2.24) is 5.32 Å². The summed E-state index contributed by atoms with van der Waals surface area (Å²) < 4.78 is 5.84. The van der Waals surface area contributed by atoms with E-state index < -0.39 is 0 Å². The highest BCUT2D eigenvalue weighted by Gasteiger charge is 2.24. The monoisotopic (exact) mass is 239 g/mol. The van der Waals surface area contributed by atoms with Crippen molar-refractivity contribution in [3.8, 4) is 0 Å². The van der Waals surface area contributed by atoms with Crippen LogP contribution in [0, 0.1) is 0 Å². The average Bonchev–Trinajstić information content (AvgIpc) is 2.39. The summed E-state index contributed by atoms with van der Waals surface area (Å²) in [6.07, 6.45) is 14.0. The Kier molecular flexibility index (Phi) is 5.79. The van der Waals surface area contributed by atoms with Crippen LogP contribution in [-0.2, 0) is 4.74 Å². The van der Waals surface area contributed by atoms with E-state index in [0.717, 1.165) is 25.1 Å². The van der Waals surface area contributed by atoms with E-state index in [1.54, 1.807) is 0 Å². The van der Waals surface area contributed by atoms with Gasteiger partial charge in [0.25, 0.3) is 0 Å². The highest BCUT2D eigenvalue weighted by molar-refractivity contribution is 4.82. The molecule has 0 aromatic rings. The molecule has 2 aliphatic carbocycles. The molecule has 0 saturated heterocycles. The van der Waals surface area contributed by atoms with E-state index in [-0.39, 0.29) is 0 Å². The summed E-state index contributed by atoms with van der Waals surface area (Å²) in [6, 6.07) is 1.60. The van der Waals surface area contributed by atoms with Crippen LogP contribution in [0.15, 0.2) is 0 Å². The van der Waals surface area contributed by atoms with Crippen molar-refractivity contribution in [1.29, 1.82) is 0 Å². The SMILES string of the molecule is CCCOC1CCC(NC2CCCCC2)CC1. The van der Waals surface area contributed by atoms with E-state index in [1.807, 2.05) is 0 Å². The van der Waals surface area contributed by atoms with Crippen LogP contribution in [0.5, 0.6) is 0 Å². The molecular weight excluding hydrogens is 210 g/mol. The summed E-state index contributed by atoms with van der Waals surface area (Å²) in [5, 5.41) is 3.88. The highest BCUT2D eigenvalue weighted by atomic mass is 16.5. The van der Waals surface area contributed by atoms with E-state index in [1.165, 1.54) is 57.8 Å². The lowest BCUT2D eigenvalue weighted by atomic mass is 9.89. The van der Waals surface area contributed by atoms with Crippen molar-refractivity contribution in [2.75, 3.05) is 6.61 Å². The summed E-state index contributed by atoms with van der Waals surface area (Å²) in [5.74, 6) is 0. The van der Waals surface area contributed by atoms with E-state index in [4.69, 9.17) is 4.74 Å². The molecule has 2 rings (SSSR count). The van der Waals surface area contributed by atoms with Gasteiger partial charge in [-0.05, 0) is 44.9 Å². The van der Waals surface area contributed by atoms with Gasteiger partial charge in [-0.15, -0.1) is 0 Å². The van der Waals surface area contributed by atoms with Gasteiger partial charge < -0.3 is 10.1 Å². The number of rotatable bonds is 5. The maximum atomic E-state index is 5.84. The third-order valence-corrected chi connectivity index (χ3v) is 4.31.